The van der Waals surface area contributed by atoms with Crippen LogP contribution in [0.25, 0.3) is 0 Å². The summed E-state index contributed by atoms with van der Waals surface area (Å²) in [6.45, 7) is 2.01. The Morgan fingerprint density at radius 2 is 1.52 bits per heavy atom. The maximum atomic E-state index is 11.9. The highest BCUT2D eigenvalue weighted by atomic mass is 16.5. The van der Waals surface area contributed by atoms with Gasteiger partial charge in [-0.15, -0.1) is 0 Å². The molecule has 0 radical (unpaired) electrons. The standard InChI is InChI=1S/C19H21NO3/c1-15(19(22)20-14-17-10-6-3-7-11-17)23-18(21)13-12-16-8-4-2-5-9-16/h2-11,15H,12-14H2,1H3,(H,20,22)/t15-/m1/s1. The Hall–Kier alpha value is -2.62. The molecule has 0 spiro atoms. The largest absolute Gasteiger partial charge is 0.453 e. The van der Waals surface area contributed by atoms with E-state index in [1.807, 2.05) is 60.7 Å². The number of carbonyl (C=O) groups excluding carboxylic acids is 2. The number of esters is 1. The molecule has 2 aromatic rings. The predicted molar refractivity (Wildman–Crippen MR) is 88.6 cm³/mol. The van der Waals surface area contributed by atoms with Crippen molar-refractivity contribution in [1.82, 2.24) is 5.32 Å². The van der Waals surface area contributed by atoms with Crippen LogP contribution in [-0.4, -0.2) is 18.0 Å². The fourth-order valence-electron chi connectivity index (χ4n) is 2.13. The first kappa shape index (κ1) is 16.7. The zero-order valence-electron chi connectivity index (χ0n) is 13.2. The van der Waals surface area contributed by atoms with Gasteiger partial charge in [-0.3, -0.25) is 9.59 Å². The Morgan fingerprint density at radius 1 is 0.957 bits per heavy atom. The highest BCUT2D eigenvalue weighted by molar-refractivity contribution is 5.83. The van der Waals surface area contributed by atoms with Gasteiger partial charge in [0.2, 0.25) is 0 Å². The molecule has 0 aliphatic heterocycles. The topological polar surface area (TPSA) is 55.4 Å². The lowest BCUT2D eigenvalue weighted by Crippen LogP contribution is -2.35. The molecule has 0 aliphatic carbocycles. The normalized spacial score (nSPS) is 11.5. The molecule has 0 bridgehead atoms. The zero-order valence-corrected chi connectivity index (χ0v) is 13.2. The van der Waals surface area contributed by atoms with Gasteiger partial charge in [0.05, 0.1) is 0 Å². The number of benzene rings is 2. The average Bonchev–Trinajstić information content (AvgIpc) is 2.59. The molecule has 0 fully saturated rings. The lowest BCUT2D eigenvalue weighted by molar-refractivity contribution is -0.154. The van der Waals surface area contributed by atoms with Crippen molar-refractivity contribution in [2.24, 2.45) is 0 Å². The third-order valence-electron chi connectivity index (χ3n) is 3.45. The average molecular weight is 311 g/mol. The van der Waals surface area contributed by atoms with E-state index in [0.29, 0.717) is 13.0 Å². The van der Waals surface area contributed by atoms with E-state index in [-0.39, 0.29) is 18.3 Å². The fraction of sp³-hybridized carbons (Fsp3) is 0.263. The summed E-state index contributed by atoms with van der Waals surface area (Å²) in [5.41, 5.74) is 2.08. The van der Waals surface area contributed by atoms with Crippen molar-refractivity contribution in [3.8, 4) is 0 Å². The molecule has 0 heterocycles. The van der Waals surface area contributed by atoms with Gasteiger partial charge in [-0.25, -0.2) is 0 Å². The van der Waals surface area contributed by atoms with Gasteiger partial charge in [0.15, 0.2) is 6.10 Å². The van der Waals surface area contributed by atoms with Gasteiger partial charge in [-0.2, -0.15) is 0 Å². The Bertz CT molecular complexity index is 626. The summed E-state index contributed by atoms with van der Waals surface area (Å²) >= 11 is 0. The number of ether oxygens (including phenoxy) is 1. The van der Waals surface area contributed by atoms with Crippen LogP contribution in [0.4, 0.5) is 0 Å². The second kappa shape index (κ2) is 8.73. The van der Waals surface area contributed by atoms with Crippen molar-refractivity contribution < 1.29 is 14.3 Å². The van der Waals surface area contributed by atoms with Gasteiger partial charge >= 0.3 is 5.97 Å². The molecule has 4 nitrogen and oxygen atoms in total. The third-order valence-corrected chi connectivity index (χ3v) is 3.45. The van der Waals surface area contributed by atoms with Crippen molar-refractivity contribution in [2.45, 2.75) is 32.4 Å². The molecular formula is C19H21NO3. The van der Waals surface area contributed by atoms with Crippen LogP contribution in [0.15, 0.2) is 60.7 Å². The molecule has 0 aliphatic rings. The number of aryl methyl sites for hydroxylation is 1. The van der Waals surface area contributed by atoms with Crippen LogP contribution in [-0.2, 0) is 27.3 Å². The minimum atomic E-state index is -0.790. The summed E-state index contributed by atoms with van der Waals surface area (Å²) in [6.07, 6.45) is 0.0835. The van der Waals surface area contributed by atoms with Crippen molar-refractivity contribution in [1.29, 1.82) is 0 Å². The summed E-state index contributed by atoms with van der Waals surface area (Å²) in [4.78, 5) is 23.7. The highest BCUT2D eigenvalue weighted by Crippen LogP contribution is 2.05. The van der Waals surface area contributed by atoms with Crippen molar-refractivity contribution in [3.63, 3.8) is 0 Å². The molecule has 1 amide bonds. The van der Waals surface area contributed by atoms with Crippen LogP contribution < -0.4 is 5.32 Å². The van der Waals surface area contributed by atoms with Gasteiger partial charge in [-0.05, 0) is 24.5 Å². The quantitative estimate of drug-likeness (QED) is 0.800. The molecule has 0 aromatic heterocycles. The second-order valence-electron chi connectivity index (χ2n) is 5.32. The first-order chi connectivity index (χ1) is 11.1. The molecule has 0 saturated carbocycles. The molecule has 120 valence electrons. The molecular weight excluding hydrogens is 290 g/mol. The van der Waals surface area contributed by atoms with Crippen molar-refractivity contribution in [3.05, 3.63) is 71.8 Å². The Morgan fingerprint density at radius 3 is 2.13 bits per heavy atom. The van der Waals surface area contributed by atoms with E-state index >= 15 is 0 Å². The predicted octanol–water partition coefficient (Wildman–Crippen LogP) is 2.87. The van der Waals surface area contributed by atoms with Gasteiger partial charge < -0.3 is 10.1 Å². The first-order valence-corrected chi connectivity index (χ1v) is 7.70. The Labute approximate surface area is 136 Å². The second-order valence-corrected chi connectivity index (χ2v) is 5.32. The summed E-state index contributed by atoms with van der Waals surface area (Å²) in [6, 6.07) is 19.3. The van der Waals surface area contributed by atoms with Gasteiger partial charge in [0, 0.05) is 13.0 Å². The summed E-state index contributed by atoms with van der Waals surface area (Å²) in [7, 11) is 0. The zero-order chi connectivity index (χ0) is 16.5. The van der Waals surface area contributed by atoms with Crippen LogP contribution in [0.1, 0.15) is 24.5 Å². The smallest absolute Gasteiger partial charge is 0.306 e. The van der Waals surface area contributed by atoms with E-state index in [2.05, 4.69) is 5.32 Å². The van der Waals surface area contributed by atoms with Crippen LogP contribution in [0.2, 0.25) is 0 Å². The molecule has 0 unspecified atom stereocenters. The van der Waals surface area contributed by atoms with E-state index in [1.54, 1.807) is 6.92 Å². The number of carbonyl (C=O) groups is 2. The van der Waals surface area contributed by atoms with Crippen LogP contribution in [0.5, 0.6) is 0 Å². The minimum absolute atomic E-state index is 0.264. The van der Waals surface area contributed by atoms with E-state index < -0.39 is 6.10 Å². The maximum absolute atomic E-state index is 11.9. The highest BCUT2D eigenvalue weighted by Gasteiger charge is 2.17. The third kappa shape index (κ3) is 5.94. The molecule has 2 rings (SSSR count). The number of hydrogen-bond acceptors (Lipinski definition) is 3. The Kier molecular flexibility index (Phi) is 6.36. The number of amides is 1. The number of rotatable bonds is 7. The van der Waals surface area contributed by atoms with Crippen LogP contribution >= 0.6 is 0 Å². The first-order valence-electron chi connectivity index (χ1n) is 7.70. The lowest BCUT2D eigenvalue weighted by atomic mass is 10.1. The van der Waals surface area contributed by atoms with E-state index in [4.69, 9.17) is 4.74 Å². The SMILES string of the molecule is C[C@@H](OC(=O)CCc1ccccc1)C(=O)NCc1ccccc1. The summed E-state index contributed by atoms with van der Waals surface area (Å²) in [5, 5.41) is 2.76. The minimum Gasteiger partial charge on any atom is -0.453 e. The van der Waals surface area contributed by atoms with Crippen LogP contribution in [0, 0.1) is 0 Å². The maximum Gasteiger partial charge on any atom is 0.306 e. The van der Waals surface area contributed by atoms with Crippen LogP contribution in [0.3, 0.4) is 0 Å². The number of nitrogens with one attached hydrogen (secondary N) is 1. The van der Waals surface area contributed by atoms with Crippen molar-refractivity contribution >= 4 is 11.9 Å². The summed E-state index contributed by atoms with van der Waals surface area (Å²) in [5.74, 6) is -0.655. The van der Waals surface area contributed by atoms with E-state index in [1.165, 1.54) is 0 Å². The summed E-state index contributed by atoms with van der Waals surface area (Å²) < 4.78 is 5.17. The lowest BCUT2D eigenvalue weighted by Gasteiger charge is -2.13. The van der Waals surface area contributed by atoms with Gasteiger partial charge in [0.25, 0.3) is 5.91 Å². The van der Waals surface area contributed by atoms with E-state index in [9.17, 15) is 9.59 Å². The molecule has 1 atom stereocenters. The molecule has 2 aromatic carbocycles. The molecule has 4 heteroatoms. The fourth-order valence-corrected chi connectivity index (χ4v) is 2.13. The van der Waals surface area contributed by atoms with Gasteiger partial charge in [0.1, 0.15) is 0 Å². The monoisotopic (exact) mass is 311 g/mol. The molecule has 1 N–H and O–H groups in total. The molecule has 23 heavy (non-hydrogen) atoms. The number of hydrogen-bond donors (Lipinski definition) is 1. The van der Waals surface area contributed by atoms with Gasteiger partial charge in [-0.1, -0.05) is 60.7 Å². The molecule has 0 saturated heterocycles. The van der Waals surface area contributed by atoms with E-state index in [0.717, 1.165) is 11.1 Å². The van der Waals surface area contributed by atoms with Crippen molar-refractivity contribution in [2.75, 3.05) is 0 Å². The Balaban J connectivity index is 1.71.